The Balaban J connectivity index is 2.10. The molecular formula is C24H21NO3. The average molecular weight is 371 g/mol. The van der Waals surface area contributed by atoms with Crippen LogP contribution in [0.5, 0.6) is 0 Å². The van der Waals surface area contributed by atoms with Gasteiger partial charge in [0.1, 0.15) is 11.8 Å². The van der Waals surface area contributed by atoms with Crippen LogP contribution in [0.4, 0.5) is 4.79 Å². The minimum atomic E-state index is -0.979. The minimum Gasteiger partial charge on any atom is -0.449 e. The Morgan fingerprint density at radius 1 is 0.786 bits per heavy atom. The molecule has 3 aromatic rings. The molecular weight excluding hydrogens is 350 g/mol. The number of cyclic esters (lactones) is 1. The molecule has 4 heteroatoms. The van der Waals surface area contributed by atoms with E-state index in [-0.39, 0.29) is 6.61 Å². The topological polar surface area (TPSA) is 46.6 Å². The number of amides is 1. The predicted octanol–water partition coefficient (Wildman–Crippen LogP) is 4.39. The number of ether oxygens (including phenoxy) is 1. The lowest BCUT2D eigenvalue weighted by Gasteiger charge is -2.48. The van der Waals surface area contributed by atoms with E-state index in [4.69, 9.17) is 4.74 Å². The molecule has 0 N–H and O–H groups in total. The van der Waals surface area contributed by atoms with Gasteiger partial charge in [-0.2, -0.15) is 0 Å². The standard InChI is InChI=1S/C24H21NO3/c26-18-22-16-17-28-23(27)25(22)24(19-10-4-1-5-11-19,20-12-6-2-7-13-20)21-14-8-3-9-15-21/h1-15,18,22H,16-17H2/t22-/m0/s1. The maximum absolute atomic E-state index is 13.1. The lowest BCUT2D eigenvalue weighted by Crippen LogP contribution is -2.59. The Bertz CT molecular complexity index is 845. The van der Waals surface area contributed by atoms with Crippen molar-refractivity contribution in [2.24, 2.45) is 0 Å². The van der Waals surface area contributed by atoms with Gasteiger partial charge in [0.15, 0.2) is 0 Å². The molecule has 1 heterocycles. The van der Waals surface area contributed by atoms with E-state index in [9.17, 15) is 9.59 Å². The fraction of sp³-hybridized carbons (Fsp3) is 0.167. The van der Waals surface area contributed by atoms with Crippen LogP contribution in [0.3, 0.4) is 0 Å². The first kappa shape index (κ1) is 18.0. The Kier molecular flexibility index (Phi) is 4.94. The number of rotatable bonds is 5. The fourth-order valence-corrected chi connectivity index (χ4v) is 4.07. The van der Waals surface area contributed by atoms with Gasteiger partial charge < -0.3 is 9.53 Å². The SMILES string of the molecule is O=C[C@@H]1CCOC(=O)N1C(c1ccccc1)(c1ccccc1)c1ccccc1. The Morgan fingerprint density at radius 3 is 1.61 bits per heavy atom. The van der Waals surface area contributed by atoms with Crippen LogP contribution in [0.25, 0.3) is 0 Å². The molecule has 0 radical (unpaired) electrons. The van der Waals surface area contributed by atoms with Crippen molar-refractivity contribution >= 4 is 12.4 Å². The van der Waals surface area contributed by atoms with E-state index in [1.165, 1.54) is 0 Å². The van der Waals surface area contributed by atoms with Gasteiger partial charge in [0, 0.05) is 6.42 Å². The molecule has 3 aromatic carbocycles. The number of hydrogen-bond acceptors (Lipinski definition) is 3. The number of nitrogens with zero attached hydrogens (tertiary/aromatic N) is 1. The molecule has 1 amide bonds. The van der Waals surface area contributed by atoms with E-state index in [1.807, 2.05) is 91.0 Å². The average Bonchev–Trinajstić information content (AvgIpc) is 2.77. The molecule has 0 spiro atoms. The summed E-state index contributed by atoms with van der Waals surface area (Å²) in [6.45, 7) is 0.243. The third-order valence-electron chi connectivity index (χ3n) is 5.26. The molecule has 4 nitrogen and oxygen atoms in total. The van der Waals surface area contributed by atoms with E-state index in [0.717, 1.165) is 23.0 Å². The van der Waals surface area contributed by atoms with E-state index in [0.29, 0.717) is 6.42 Å². The minimum absolute atomic E-state index is 0.243. The van der Waals surface area contributed by atoms with Crippen LogP contribution in [0.1, 0.15) is 23.1 Å². The van der Waals surface area contributed by atoms with Crippen LogP contribution in [-0.4, -0.2) is 29.9 Å². The smallest absolute Gasteiger partial charge is 0.411 e. The summed E-state index contributed by atoms with van der Waals surface area (Å²) >= 11 is 0. The lowest BCUT2D eigenvalue weighted by molar-refractivity contribution is -0.115. The highest BCUT2D eigenvalue weighted by atomic mass is 16.6. The number of hydrogen-bond donors (Lipinski definition) is 0. The van der Waals surface area contributed by atoms with Gasteiger partial charge in [-0.05, 0) is 16.7 Å². The van der Waals surface area contributed by atoms with Crippen LogP contribution in [0, 0.1) is 0 Å². The molecule has 1 atom stereocenters. The normalized spacial score (nSPS) is 17.1. The second kappa shape index (κ2) is 7.69. The second-order valence-corrected chi connectivity index (χ2v) is 6.78. The van der Waals surface area contributed by atoms with E-state index >= 15 is 0 Å². The first-order valence-corrected chi connectivity index (χ1v) is 9.36. The van der Waals surface area contributed by atoms with Crippen molar-refractivity contribution in [2.75, 3.05) is 6.61 Å². The third kappa shape index (κ3) is 2.87. The zero-order chi connectivity index (χ0) is 19.4. The maximum atomic E-state index is 13.1. The first-order valence-electron chi connectivity index (χ1n) is 9.36. The van der Waals surface area contributed by atoms with Gasteiger partial charge in [0.2, 0.25) is 0 Å². The monoisotopic (exact) mass is 371 g/mol. The van der Waals surface area contributed by atoms with Crippen LogP contribution in [0.2, 0.25) is 0 Å². The third-order valence-corrected chi connectivity index (χ3v) is 5.26. The van der Waals surface area contributed by atoms with Gasteiger partial charge in [0.05, 0.1) is 12.6 Å². The quantitative estimate of drug-likeness (QED) is 0.494. The number of carbonyl (C=O) groups is 2. The van der Waals surface area contributed by atoms with Crippen molar-refractivity contribution in [2.45, 2.75) is 18.0 Å². The van der Waals surface area contributed by atoms with Gasteiger partial charge in [-0.15, -0.1) is 0 Å². The highest BCUT2D eigenvalue weighted by Gasteiger charge is 2.49. The molecule has 1 fully saturated rings. The highest BCUT2D eigenvalue weighted by molar-refractivity contribution is 5.78. The van der Waals surface area contributed by atoms with Gasteiger partial charge in [0.25, 0.3) is 0 Å². The molecule has 1 saturated heterocycles. The van der Waals surface area contributed by atoms with Gasteiger partial charge in [-0.25, -0.2) is 4.79 Å². The molecule has 0 saturated carbocycles. The zero-order valence-corrected chi connectivity index (χ0v) is 15.4. The maximum Gasteiger partial charge on any atom is 0.411 e. The molecule has 0 bridgehead atoms. The highest BCUT2D eigenvalue weighted by Crippen LogP contribution is 2.44. The molecule has 0 aliphatic carbocycles. The van der Waals surface area contributed by atoms with Gasteiger partial charge in [-0.1, -0.05) is 91.0 Å². The van der Waals surface area contributed by atoms with Crippen molar-refractivity contribution in [3.05, 3.63) is 108 Å². The zero-order valence-electron chi connectivity index (χ0n) is 15.4. The molecule has 140 valence electrons. The molecule has 1 aliphatic heterocycles. The second-order valence-electron chi connectivity index (χ2n) is 6.78. The van der Waals surface area contributed by atoms with Crippen molar-refractivity contribution in [1.29, 1.82) is 0 Å². The molecule has 28 heavy (non-hydrogen) atoms. The van der Waals surface area contributed by atoms with Gasteiger partial charge >= 0.3 is 6.09 Å². The number of aldehydes is 1. The Morgan fingerprint density at radius 2 is 1.21 bits per heavy atom. The lowest BCUT2D eigenvalue weighted by atomic mass is 9.74. The van der Waals surface area contributed by atoms with Crippen molar-refractivity contribution < 1.29 is 14.3 Å². The van der Waals surface area contributed by atoms with Crippen LogP contribution in [-0.2, 0) is 15.1 Å². The largest absolute Gasteiger partial charge is 0.449 e. The Hall–Kier alpha value is -3.40. The summed E-state index contributed by atoms with van der Waals surface area (Å²) in [5, 5.41) is 0. The van der Waals surface area contributed by atoms with Gasteiger partial charge in [-0.3, -0.25) is 4.90 Å². The van der Waals surface area contributed by atoms with E-state index in [1.54, 1.807) is 4.90 Å². The number of benzene rings is 3. The summed E-state index contributed by atoms with van der Waals surface area (Å²) in [5.41, 5.74) is 1.72. The van der Waals surface area contributed by atoms with Crippen LogP contribution >= 0.6 is 0 Å². The molecule has 0 unspecified atom stereocenters. The van der Waals surface area contributed by atoms with Crippen molar-refractivity contribution in [3.8, 4) is 0 Å². The first-order chi connectivity index (χ1) is 13.8. The molecule has 1 aliphatic rings. The summed E-state index contributed by atoms with van der Waals surface area (Å²) in [6, 6.07) is 28.9. The van der Waals surface area contributed by atoms with E-state index < -0.39 is 17.7 Å². The van der Waals surface area contributed by atoms with E-state index in [2.05, 4.69) is 0 Å². The molecule has 0 aromatic heterocycles. The van der Waals surface area contributed by atoms with Crippen LogP contribution in [0.15, 0.2) is 91.0 Å². The summed E-state index contributed by atoms with van der Waals surface area (Å²) in [4.78, 5) is 26.7. The summed E-state index contributed by atoms with van der Waals surface area (Å²) in [6.07, 6.45) is 0.827. The van der Waals surface area contributed by atoms with Crippen molar-refractivity contribution in [3.63, 3.8) is 0 Å². The number of carbonyl (C=O) groups excluding carboxylic acids is 2. The summed E-state index contributed by atoms with van der Waals surface area (Å²) in [7, 11) is 0. The summed E-state index contributed by atoms with van der Waals surface area (Å²) in [5.74, 6) is 0. The van der Waals surface area contributed by atoms with Crippen molar-refractivity contribution in [1.82, 2.24) is 4.90 Å². The Labute approximate surface area is 164 Å². The summed E-state index contributed by atoms with van der Waals surface area (Å²) < 4.78 is 5.42. The fourth-order valence-electron chi connectivity index (χ4n) is 4.07. The molecule has 4 rings (SSSR count). The predicted molar refractivity (Wildman–Crippen MR) is 107 cm³/mol. The van der Waals surface area contributed by atoms with Crippen LogP contribution < -0.4 is 0 Å².